The first-order chi connectivity index (χ1) is 10.2. The Bertz CT molecular complexity index is 736. The second kappa shape index (κ2) is 5.84. The summed E-state index contributed by atoms with van der Waals surface area (Å²) in [5.74, 6) is -0.225. The van der Waals surface area contributed by atoms with E-state index in [0.717, 1.165) is 5.69 Å². The Labute approximate surface area is 127 Å². The van der Waals surface area contributed by atoms with Crippen molar-refractivity contribution >= 4 is 27.1 Å². The van der Waals surface area contributed by atoms with Gasteiger partial charge in [-0.1, -0.05) is 18.2 Å². The van der Waals surface area contributed by atoms with Gasteiger partial charge in [-0.15, -0.1) is 11.3 Å². The molecule has 0 saturated heterocycles. The van der Waals surface area contributed by atoms with Gasteiger partial charge in [-0.25, -0.2) is 4.39 Å². The van der Waals surface area contributed by atoms with Gasteiger partial charge in [0.25, 0.3) is 0 Å². The van der Waals surface area contributed by atoms with Crippen molar-refractivity contribution in [3.05, 3.63) is 65.3 Å². The molecule has 21 heavy (non-hydrogen) atoms. The van der Waals surface area contributed by atoms with E-state index in [1.165, 1.54) is 27.8 Å². The number of halogens is 1. The molecular formula is C17H17FN2S. The van der Waals surface area contributed by atoms with Gasteiger partial charge >= 0.3 is 0 Å². The first-order valence-corrected chi connectivity index (χ1v) is 7.73. The van der Waals surface area contributed by atoms with E-state index in [2.05, 4.69) is 22.4 Å². The van der Waals surface area contributed by atoms with Gasteiger partial charge < -0.3 is 10.6 Å². The molecule has 1 aromatic heterocycles. The fourth-order valence-electron chi connectivity index (χ4n) is 2.61. The molecule has 0 radical (unpaired) electrons. The highest BCUT2D eigenvalue weighted by molar-refractivity contribution is 7.17. The van der Waals surface area contributed by atoms with Gasteiger partial charge in [0, 0.05) is 24.0 Å². The molecular weight excluding hydrogens is 283 g/mol. The second-order valence-electron chi connectivity index (χ2n) is 5.03. The Morgan fingerprint density at radius 2 is 1.86 bits per heavy atom. The zero-order valence-electron chi connectivity index (χ0n) is 11.8. The van der Waals surface area contributed by atoms with Crippen LogP contribution in [-0.4, -0.2) is 13.6 Å². The molecule has 1 heterocycles. The van der Waals surface area contributed by atoms with Crippen LogP contribution in [-0.2, 0) is 0 Å². The van der Waals surface area contributed by atoms with Crippen molar-refractivity contribution in [3.8, 4) is 0 Å². The van der Waals surface area contributed by atoms with E-state index in [9.17, 15) is 4.39 Å². The molecule has 0 saturated carbocycles. The lowest BCUT2D eigenvalue weighted by atomic mass is 10.0. The Hall–Kier alpha value is -1.91. The number of hydrogen-bond donors (Lipinski definition) is 1. The number of rotatable bonds is 4. The van der Waals surface area contributed by atoms with E-state index in [4.69, 9.17) is 5.73 Å². The molecule has 108 valence electrons. The van der Waals surface area contributed by atoms with Gasteiger partial charge in [-0.3, -0.25) is 0 Å². The predicted octanol–water partition coefficient (Wildman–Crippen LogP) is 4.18. The molecule has 0 aliphatic heterocycles. The summed E-state index contributed by atoms with van der Waals surface area (Å²) in [6.07, 6.45) is 0. The first-order valence-electron chi connectivity index (χ1n) is 6.85. The summed E-state index contributed by atoms with van der Waals surface area (Å²) >= 11 is 1.73. The number of hydrogen-bond acceptors (Lipinski definition) is 3. The minimum Gasteiger partial charge on any atom is -0.366 e. The van der Waals surface area contributed by atoms with E-state index in [1.807, 2.05) is 19.2 Å². The predicted molar refractivity (Wildman–Crippen MR) is 88.4 cm³/mol. The molecule has 0 aliphatic rings. The fourth-order valence-corrected chi connectivity index (χ4v) is 3.61. The van der Waals surface area contributed by atoms with Crippen LogP contribution >= 0.6 is 11.3 Å². The van der Waals surface area contributed by atoms with Crippen molar-refractivity contribution in [2.45, 2.75) is 6.04 Å². The van der Waals surface area contributed by atoms with E-state index in [0.29, 0.717) is 6.54 Å². The van der Waals surface area contributed by atoms with Crippen LogP contribution in [0.4, 0.5) is 10.1 Å². The van der Waals surface area contributed by atoms with Gasteiger partial charge in [-0.05, 0) is 46.7 Å². The van der Waals surface area contributed by atoms with Crippen LogP contribution in [0.25, 0.3) is 10.1 Å². The van der Waals surface area contributed by atoms with E-state index >= 15 is 0 Å². The van der Waals surface area contributed by atoms with Crippen LogP contribution in [0.2, 0.25) is 0 Å². The van der Waals surface area contributed by atoms with Gasteiger partial charge in [-0.2, -0.15) is 0 Å². The molecule has 0 spiro atoms. The third kappa shape index (κ3) is 2.64. The number of benzene rings is 2. The normalized spacial score (nSPS) is 12.5. The van der Waals surface area contributed by atoms with E-state index < -0.39 is 0 Å². The summed E-state index contributed by atoms with van der Waals surface area (Å²) < 4.78 is 14.3. The van der Waals surface area contributed by atoms with Crippen molar-refractivity contribution in [2.24, 2.45) is 5.73 Å². The first kappa shape index (κ1) is 14.0. The summed E-state index contributed by atoms with van der Waals surface area (Å²) in [4.78, 5) is 2.11. The summed E-state index contributed by atoms with van der Waals surface area (Å²) in [7, 11) is 2.00. The van der Waals surface area contributed by atoms with E-state index in [-0.39, 0.29) is 11.9 Å². The maximum absolute atomic E-state index is 13.1. The molecule has 0 aliphatic carbocycles. The maximum atomic E-state index is 13.1. The number of fused-ring (bicyclic) bond motifs is 1. The molecule has 4 heteroatoms. The van der Waals surface area contributed by atoms with Crippen LogP contribution in [0, 0.1) is 5.82 Å². The van der Waals surface area contributed by atoms with Crippen molar-refractivity contribution in [1.29, 1.82) is 0 Å². The number of nitrogens with zero attached hydrogens (tertiary/aromatic N) is 1. The lowest BCUT2D eigenvalue weighted by Crippen LogP contribution is -2.30. The minimum absolute atomic E-state index is 0.0756. The number of thiophene rings is 1. The Kier molecular flexibility index (Phi) is 3.90. The molecule has 1 unspecified atom stereocenters. The quantitative estimate of drug-likeness (QED) is 0.783. The molecule has 3 aromatic rings. The Morgan fingerprint density at radius 1 is 1.14 bits per heavy atom. The molecule has 1 atom stereocenters. The van der Waals surface area contributed by atoms with Crippen molar-refractivity contribution in [1.82, 2.24) is 0 Å². The number of nitrogens with two attached hydrogens (primary N) is 1. The number of anilines is 1. The molecule has 0 amide bonds. The third-order valence-electron chi connectivity index (χ3n) is 3.79. The number of likely N-dealkylation sites (N-methyl/N-ethyl adjacent to an activating group) is 1. The SMILES string of the molecule is CN(c1ccc(F)cc1)C(CN)c1csc2ccccc12. The van der Waals surface area contributed by atoms with Crippen LogP contribution in [0.15, 0.2) is 53.9 Å². The standard InChI is InChI=1S/C17H17FN2S/c1-20(13-8-6-12(18)7-9-13)16(10-19)15-11-21-17-5-3-2-4-14(15)17/h2-9,11,16H,10,19H2,1H3. The average Bonchev–Trinajstić information content (AvgIpc) is 2.93. The van der Waals surface area contributed by atoms with Gasteiger partial charge in [0.2, 0.25) is 0 Å². The van der Waals surface area contributed by atoms with Crippen molar-refractivity contribution in [3.63, 3.8) is 0 Å². The van der Waals surface area contributed by atoms with Gasteiger partial charge in [0.1, 0.15) is 5.82 Å². The van der Waals surface area contributed by atoms with Crippen LogP contribution in [0.5, 0.6) is 0 Å². The summed E-state index contributed by atoms with van der Waals surface area (Å²) in [5.41, 5.74) is 8.20. The highest BCUT2D eigenvalue weighted by Gasteiger charge is 2.19. The summed E-state index contributed by atoms with van der Waals surface area (Å²) in [5, 5.41) is 3.41. The van der Waals surface area contributed by atoms with Crippen LogP contribution < -0.4 is 10.6 Å². The summed E-state index contributed by atoms with van der Waals surface area (Å²) in [6.45, 7) is 0.509. The zero-order valence-corrected chi connectivity index (χ0v) is 12.6. The molecule has 2 N–H and O–H groups in total. The van der Waals surface area contributed by atoms with E-state index in [1.54, 1.807) is 23.5 Å². The Balaban J connectivity index is 1.99. The van der Waals surface area contributed by atoms with Crippen LogP contribution in [0.3, 0.4) is 0 Å². The second-order valence-corrected chi connectivity index (χ2v) is 5.94. The maximum Gasteiger partial charge on any atom is 0.123 e. The Morgan fingerprint density at radius 3 is 2.57 bits per heavy atom. The monoisotopic (exact) mass is 300 g/mol. The lowest BCUT2D eigenvalue weighted by Gasteiger charge is -2.29. The fraction of sp³-hybridized carbons (Fsp3) is 0.176. The minimum atomic E-state index is -0.225. The molecule has 2 nitrogen and oxygen atoms in total. The molecule has 3 rings (SSSR count). The lowest BCUT2D eigenvalue weighted by molar-refractivity contribution is 0.626. The third-order valence-corrected chi connectivity index (χ3v) is 4.78. The van der Waals surface area contributed by atoms with Crippen molar-refractivity contribution < 1.29 is 4.39 Å². The van der Waals surface area contributed by atoms with Crippen molar-refractivity contribution in [2.75, 3.05) is 18.5 Å². The molecule has 0 fully saturated rings. The largest absolute Gasteiger partial charge is 0.366 e. The topological polar surface area (TPSA) is 29.3 Å². The summed E-state index contributed by atoms with van der Waals surface area (Å²) in [6, 6.07) is 14.9. The van der Waals surface area contributed by atoms with Gasteiger partial charge in [0.05, 0.1) is 6.04 Å². The highest BCUT2D eigenvalue weighted by atomic mass is 32.1. The van der Waals surface area contributed by atoms with Crippen LogP contribution in [0.1, 0.15) is 11.6 Å². The smallest absolute Gasteiger partial charge is 0.123 e. The highest BCUT2D eigenvalue weighted by Crippen LogP contribution is 2.34. The molecule has 2 aromatic carbocycles. The molecule has 0 bridgehead atoms. The van der Waals surface area contributed by atoms with Gasteiger partial charge in [0.15, 0.2) is 0 Å². The zero-order chi connectivity index (χ0) is 14.8. The average molecular weight is 300 g/mol.